The smallest absolute Gasteiger partial charge is 0.387 e. The van der Waals surface area contributed by atoms with Gasteiger partial charge in [0.1, 0.15) is 5.75 Å². The molecule has 0 unspecified atom stereocenters. The number of carbonyl (C=O) groups is 1. The Morgan fingerprint density at radius 3 is 2.81 bits per heavy atom. The summed E-state index contributed by atoms with van der Waals surface area (Å²) in [5.74, 6) is -0.0607. The SMILES string of the molecule is CCOCCCNC(=O)Nc1c(C)cccc1OC(F)F. The Morgan fingerprint density at radius 1 is 1.38 bits per heavy atom. The number of amides is 2. The van der Waals surface area contributed by atoms with Gasteiger partial charge in [0.05, 0.1) is 5.69 Å². The van der Waals surface area contributed by atoms with Crippen LogP contribution in [0, 0.1) is 6.92 Å². The quantitative estimate of drug-likeness (QED) is 0.725. The molecule has 118 valence electrons. The molecule has 0 heterocycles. The predicted octanol–water partition coefficient (Wildman–Crippen LogP) is 3.14. The number of benzene rings is 1. The molecule has 2 N–H and O–H groups in total. The van der Waals surface area contributed by atoms with E-state index in [1.807, 2.05) is 6.92 Å². The van der Waals surface area contributed by atoms with E-state index in [0.717, 1.165) is 0 Å². The Balaban J connectivity index is 2.54. The molecule has 0 radical (unpaired) electrons. The highest BCUT2D eigenvalue weighted by atomic mass is 19.3. The summed E-state index contributed by atoms with van der Waals surface area (Å²) in [7, 11) is 0. The molecule has 0 aromatic heterocycles. The van der Waals surface area contributed by atoms with Crippen molar-refractivity contribution in [2.45, 2.75) is 26.9 Å². The molecule has 7 heteroatoms. The maximum Gasteiger partial charge on any atom is 0.387 e. The zero-order valence-corrected chi connectivity index (χ0v) is 12.1. The minimum Gasteiger partial charge on any atom is -0.433 e. The van der Waals surface area contributed by atoms with Gasteiger partial charge in [0.2, 0.25) is 0 Å². The lowest BCUT2D eigenvalue weighted by Gasteiger charge is -2.14. The molecule has 0 bridgehead atoms. The Kier molecular flexibility index (Phi) is 7.45. The van der Waals surface area contributed by atoms with Crippen molar-refractivity contribution in [3.8, 4) is 5.75 Å². The second kappa shape index (κ2) is 9.12. The first-order valence-electron chi connectivity index (χ1n) is 6.71. The molecule has 1 rings (SSSR count). The van der Waals surface area contributed by atoms with E-state index in [0.29, 0.717) is 31.7 Å². The van der Waals surface area contributed by atoms with Crippen LogP contribution in [0.4, 0.5) is 19.3 Å². The molecule has 0 spiro atoms. The summed E-state index contributed by atoms with van der Waals surface area (Å²) < 4.78 is 34.2. The van der Waals surface area contributed by atoms with Crippen molar-refractivity contribution in [3.63, 3.8) is 0 Å². The minimum atomic E-state index is -2.94. The monoisotopic (exact) mass is 302 g/mol. The van der Waals surface area contributed by atoms with Gasteiger partial charge in [-0.1, -0.05) is 12.1 Å². The number of para-hydroxylation sites is 1. The first-order valence-corrected chi connectivity index (χ1v) is 6.71. The van der Waals surface area contributed by atoms with Gasteiger partial charge in [0, 0.05) is 19.8 Å². The van der Waals surface area contributed by atoms with Crippen molar-refractivity contribution >= 4 is 11.7 Å². The molecule has 0 saturated heterocycles. The zero-order chi connectivity index (χ0) is 15.7. The van der Waals surface area contributed by atoms with Gasteiger partial charge in [0.25, 0.3) is 0 Å². The molecule has 21 heavy (non-hydrogen) atoms. The maximum atomic E-state index is 12.3. The number of carbonyl (C=O) groups excluding carboxylic acids is 1. The minimum absolute atomic E-state index is 0.0607. The van der Waals surface area contributed by atoms with Crippen molar-refractivity contribution in [3.05, 3.63) is 23.8 Å². The molecule has 1 aromatic rings. The lowest BCUT2D eigenvalue weighted by molar-refractivity contribution is -0.0493. The summed E-state index contributed by atoms with van der Waals surface area (Å²) >= 11 is 0. The lowest BCUT2D eigenvalue weighted by atomic mass is 10.2. The van der Waals surface area contributed by atoms with Gasteiger partial charge in [-0.15, -0.1) is 0 Å². The van der Waals surface area contributed by atoms with E-state index < -0.39 is 12.6 Å². The van der Waals surface area contributed by atoms with E-state index in [4.69, 9.17) is 4.74 Å². The van der Waals surface area contributed by atoms with Crippen LogP contribution in [0.1, 0.15) is 18.9 Å². The first kappa shape index (κ1) is 17.2. The standard InChI is InChI=1S/C14H20F2N2O3/c1-3-20-9-5-8-17-14(19)18-12-10(2)6-4-7-11(12)21-13(15)16/h4,6-7,13H,3,5,8-9H2,1-2H3,(H2,17,18,19). The average molecular weight is 302 g/mol. The topological polar surface area (TPSA) is 59.6 Å². The highest BCUT2D eigenvalue weighted by Gasteiger charge is 2.13. The zero-order valence-electron chi connectivity index (χ0n) is 12.1. The van der Waals surface area contributed by atoms with Crippen LogP contribution in [-0.2, 0) is 4.74 Å². The van der Waals surface area contributed by atoms with Crippen LogP contribution in [0.15, 0.2) is 18.2 Å². The van der Waals surface area contributed by atoms with Crippen molar-refractivity contribution in [1.82, 2.24) is 5.32 Å². The van der Waals surface area contributed by atoms with Gasteiger partial charge in [-0.3, -0.25) is 0 Å². The molecule has 1 aromatic carbocycles. The molecule has 0 aliphatic carbocycles. The molecular weight excluding hydrogens is 282 g/mol. The third kappa shape index (κ3) is 6.40. The predicted molar refractivity (Wildman–Crippen MR) is 75.9 cm³/mol. The van der Waals surface area contributed by atoms with Crippen LogP contribution >= 0.6 is 0 Å². The highest BCUT2D eigenvalue weighted by Crippen LogP contribution is 2.29. The van der Waals surface area contributed by atoms with E-state index in [-0.39, 0.29) is 11.4 Å². The number of aryl methyl sites for hydroxylation is 1. The summed E-state index contributed by atoms with van der Waals surface area (Å²) in [6.45, 7) is 2.26. The van der Waals surface area contributed by atoms with Gasteiger partial charge in [-0.05, 0) is 31.9 Å². The van der Waals surface area contributed by atoms with Crippen LogP contribution in [0.2, 0.25) is 0 Å². The Bertz CT molecular complexity index is 456. The van der Waals surface area contributed by atoms with Crippen molar-refractivity contribution in [2.75, 3.05) is 25.1 Å². The fraction of sp³-hybridized carbons (Fsp3) is 0.500. The fourth-order valence-electron chi connectivity index (χ4n) is 1.67. The van der Waals surface area contributed by atoms with Crippen molar-refractivity contribution < 1.29 is 23.0 Å². The number of rotatable bonds is 8. The average Bonchev–Trinajstić information content (AvgIpc) is 2.42. The van der Waals surface area contributed by atoms with E-state index in [2.05, 4.69) is 15.4 Å². The number of nitrogens with one attached hydrogen (secondary N) is 2. The number of hydrogen-bond donors (Lipinski definition) is 2. The summed E-state index contributed by atoms with van der Waals surface area (Å²) in [4.78, 5) is 11.7. The number of urea groups is 1. The first-order chi connectivity index (χ1) is 10.0. The summed E-state index contributed by atoms with van der Waals surface area (Å²) in [5, 5.41) is 5.15. The lowest BCUT2D eigenvalue weighted by Crippen LogP contribution is -2.30. The van der Waals surface area contributed by atoms with Crippen LogP contribution in [0.25, 0.3) is 0 Å². The highest BCUT2D eigenvalue weighted by molar-refractivity contribution is 5.91. The van der Waals surface area contributed by atoms with Crippen LogP contribution in [0.3, 0.4) is 0 Å². The molecule has 0 atom stereocenters. The van der Waals surface area contributed by atoms with Crippen LogP contribution in [-0.4, -0.2) is 32.4 Å². The largest absolute Gasteiger partial charge is 0.433 e. The number of alkyl halides is 2. The van der Waals surface area contributed by atoms with Crippen molar-refractivity contribution in [1.29, 1.82) is 0 Å². The normalized spacial score (nSPS) is 10.5. The van der Waals surface area contributed by atoms with E-state index in [1.165, 1.54) is 6.07 Å². The van der Waals surface area contributed by atoms with E-state index in [9.17, 15) is 13.6 Å². The van der Waals surface area contributed by atoms with Crippen LogP contribution < -0.4 is 15.4 Å². The number of halogens is 2. The molecule has 0 aliphatic heterocycles. The summed E-state index contributed by atoms with van der Waals surface area (Å²) in [6.07, 6.45) is 0.676. The maximum absolute atomic E-state index is 12.3. The van der Waals surface area contributed by atoms with E-state index in [1.54, 1.807) is 19.1 Å². The molecule has 5 nitrogen and oxygen atoms in total. The molecule has 0 aliphatic rings. The fourth-order valence-corrected chi connectivity index (χ4v) is 1.67. The van der Waals surface area contributed by atoms with E-state index >= 15 is 0 Å². The van der Waals surface area contributed by atoms with Gasteiger partial charge < -0.3 is 20.1 Å². The number of hydrogen-bond acceptors (Lipinski definition) is 3. The van der Waals surface area contributed by atoms with Crippen LogP contribution in [0.5, 0.6) is 5.75 Å². The second-order valence-corrected chi connectivity index (χ2v) is 4.26. The third-order valence-electron chi connectivity index (χ3n) is 2.64. The van der Waals surface area contributed by atoms with Gasteiger partial charge in [-0.25, -0.2) is 4.79 Å². The van der Waals surface area contributed by atoms with Crippen molar-refractivity contribution in [2.24, 2.45) is 0 Å². The van der Waals surface area contributed by atoms with Gasteiger partial charge in [0.15, 0.2) is 0 Å². The molecule has 0 saturated carbocycles. The molecule has 0 fully saturated rings. The second-order valence-electron chi connectivity index (χ2n) is 4.26. The van der Waals surface area contributed by atoms with Gasteiger partial charge >= 0.3 is 12.6 Å². The Labute approximate surface area is 122 Å². The summed E-state index contributed by atoms with van der Waals surface area (Å²) in [5.41, 5.74) is 0.873. The molecule has 2 amide bonds. The third-order valence-corrected chi connectivity index (χ3v) is 2.64. The summed E-state index contributed by atoms with van der Waals surface area (Å²) in [6, 6.07) is 4.19. The van der Waals surface area contributed by atoms with Gasteiger partial charge in [-0.2, -0.15) is 8.78 Å². The number of ether oxygens (including phenoxy) is 2. The Morgan fingerprint density at radius 2 is 2.14 bits per heavy atom. The number of anilines is 1. The Hall–Kier alpha value is -1.89. The molecular formula is C14H20F2N2O3.